The number of halogens is 2. The number of nitrogens with zero attached hydrogens (tertiary/aromatic N) is 1. The second-order valence-electron chi connectivity index (χ2n) is 4.76. The number of rotatable bonds is 5. The molecular weight excluding hydrogens is 363 g/mol. The summed E-state index contributed by atoms with van der Waals surface area (Å²) in [6.07, 6.45) is 0. The SMILES string of the molecule is CC(NS(=O)(=O)c1cccc([N+](=O)[O-])c1)c1ccc(Cl)cc1Cl. The molecule has 2 aromatic rings. The highest BCUT2D eigenvalue weighted by molar-refractivity contribution is 7.89. The Bertz CT molecular complexity index is 856. The third-order valence-electron chi connectivity index (χ3n) is 3.10. The van der Waals surface area contributed by atoms with Crippen LogP contribution in [0.15, 0.2) is 47.4 Å². The van der Waals surface area contributed by atoms with E-state index in [0.29, 0.717) is 15.6 Å². The van der Waals surface area contributed by atoms with Gasteiger partial charge in [-0.25, -0.2) is 13.1 Å². The third kappa shape index (κ3) is 4.20. The molecule has 1 unspecified atom stereocenters. The molecule has 0 amide bonds. The summed E-state index contributed by atoms with van der Waals surface area (Å²) in [6, 6.07) is 8.90. The van der Waals surface area contributed by atoms with Gasteiger partial charge in [0, 0.05) is 28.2 Å². The summed E-state index contributed by atoms with van der Waals surface area (Å²) >= 11 is 11.9. The molecule has 0 spiro atoms. The zero-order valence-electron chi connectivity index (χ0n) is 11.9. The van der Waals surface area contributed by atoms with Crippen molar-refractivity contribution in [2.24, 2.45) is 0 Å². The Labute approximate surface area is 143 Å². The van der Waals surface area contributed by atoms with Crippen LogP contribution in [0, 0.1) is 10.1 Å². The van der Waals surface area contributed by atoms with Crippen LogP contribution < -0.4 is 4.72 Å². The van der Waals surface area contributed by atoms with Crippen LogP contribution in [0.25, 0.3) is 0 Å². The summed E-state index contributed by atoms with van der Waals surface area (Å²) in [6.45, 7) is 1.62. The molecule has 9 heteroatoms. The van der Waals surface area contributed by atoms with Gasteiger partial charge in [0.05, 0.1) is 9.82 Å². The maximum Gasteiger partial charge on any atom is 0.270 e. The molecule has 0 radical (unpaired) electrons. The first-order valence-corrected chi connectivity index (χ1v) is 8.66. The van der Waals surface area contributed by atoms with Gasteiger partial charge >= 0.3 is 0 Å². The quantitative estimate of drug-likeness (QED) is 0.633. The number of nitro benzene ring substituents is 1. The number of nitrogens with one attached hydrogen (secondary N) is 1. The van der Waals surface area contributed by atoms with Crippen LogP contribution in [0.5, 0.6) is 0 Å². The van der Waals surface area contributed by atoms with Gasteiger partial charge in [-0.05, 0) is 30.7 Å². The van der Waals surface area contributed by atoms with Crippen molar-refractivity contribution in [3.8, 4) is 0 Å². The predicted molar refractivity (Wildman–Crippen MR) is 88.3 cm³/mol. The molecule has 2 rings (SSSR count). The van der Waals surface area contributed by atoms with Crippen LogP contribution in [0.3, 0.4) is 0 Å². The van der Waals surface area contributed by atoms with E-state index < -0.39 is 21.0 Å². The lowest BCUT2D eigenvalue weighted by Gasteiger charge is -2.16. The minimum Gasteiger partial charge on any atom is -0.258 e. The van der Waals surface area contributed by atoms with Crippen molar-refractivity contribution in [3.63, 3.8) is 0 Å². The van der Waals surface area contributed by atoms with Crippen molar-refractivity contribution in [2.75, 3.05) is 0 Å². The standard InChI is InChI=1S/C14H12Cl2N2O4S/c1-9(13-6-5-10(15)7-14(13)16)17-23(21,22)12-4-2-3-11(8-12)18(19)20/h2-9,17H,1H3. The molecule has 1 N–H and O–H groups in total. The minimum atomic E-state index is -3.94. The van der Waals surface area contributed by atoms with Gasteiger partial charge in [0.2, 0.25) is 10.0 Å². The minimum absolute atomic E-state index is 0.191. The molecule has 0 saturated carbocycles. The fraction of sp³-hybridized carbons (Fsp3) is 0.143. The third-order valence-corrected chi connectivity index (χ3v) is 5.20. The van der Waals surface area contributed by atoms with Gasteiger partial charge < -0.3 is 0 Å². The Kier molecular flexibility index (Phi) is 5.26. The molecule has 23 heavy (non-hydrogen) atoms. The van der Waals surface area contributed by atoms with Crippen molar-refractivity contribution < 1.29 is 13.3 Å². The lowest BCUT2D eigenvalue weighted by Crippen LogP contribution is -2.27. The molecule has 0 fully saturated rings. The number of sulfonamides is 1. The first-order chi connectivity index (χ1) is 10.7. The highest BCUT2D eigenvalue weighted by Gasteiger charge is 2.21. The Morgan fingerprint density at radius 1 is 1.17 bits per heavy atom. The molecule has 0 saturated heterocycles. The fourth-order valence-corrected chi connectivity index (χ4v) is 3.82. The number of hydrogen-bond donors (Lipinski definition) is 1. The van der Waals surface area contributed by atoms with Gasteiger partial charge in [-0.2, -0.15) is 0 Å². The number of nitro groups is 1. The van der Waals surface area contributed by atoms with Crippen LogP contribution in [-0.2, 0) is 10.0 Å². The van der Waals surface area contributed by atoms with E-state index in [2.05, 4.69) is 4.72 Å². The molecule has 0 heterocycles. The predicted octanol–water partition coefficient (Wildman–Crippen LogP) is 3.94. The number of hydrogen-bond acceptors (Lipinski definition) is 4. The van der Waals surface area contributed by atoms with E-state index in [0.717, 1.165) is 6.07 Å². The topological polar surface area (TPSA) is 89.3 Å². The van der Waals surface area contributed by atoms with Crippen LogP contribution in [0.4, 0.5) is 5.69 Å². The molecule has 0 aromatic heterocycles. The fourth-order valence-electron chi connectivity index (χ4n) is 1.98. The van der Waals surface area contributed by atoms with E-state index in [4.69, 9.17) is 23.2 Å². The van der Waals surface area contributed by atoms with Gasteiger partial charge in [0.15, 0.2) is 0 Å². The Morgan fingerprint density at radius 3 is 2.48 bits per heavy atom. The number of non-ortho nitro benzene ring substituents is 1. The summed E-state index contributed by atoms with van der Waals surface area (Å²) in [5.41, 5.74) is 0.245. The van der Waals surface area contributed by atoms with Gasteiger partial charge in [-0.15, -0.1) is 0 Å². The summed E-state index contributed by atoms with van der Waals surface area (Å²) in [5.74, 6) is 0. The Morgan fingerprint density at radius 2 is 1.87 bits per heavy atom. The van der Waals surface area contributed by atoms with Crippen molar-refractivity contribution in [3.05, 3.63) is 68.2 Å². The van der Waals surface area contributed by atoms with Gasteiger partial charge in [-0.1, -0.05) is 35.3 Å². The first-order valence-electron chi connectivity index (χ1n) is 6.42. The largest absolute Gasteiger partial charge is 0.270 e. The average molecular weight is 375 g/mol. The summed E-state index contributed by atoms with van der Waals surface area (Å²) in [5, 5.41) is 11.5. The summed E-state index contributed by atoms with van der Waals surface area (Å²) in [4.78, 5) is 9.92. The first kappa shape index (κ1) is 17.7. The molecule has 1 atom stereocenters. The van der Waals surface area contributed by atoms with E-state index in [1.165, 1.54) is 24.3 Å². The lowest BCUT2D eigenvalue weighted by atomic mass is 10.1. The molecule has 2 aromatic carbocycles. The molecule has 122 valence electrons. The van der Waals surface area contributed by atoms with Gasteiger partial charge in [0.25, 0.3) is 5.69 Å². The smallest absolute Gasteiger partial charge is 0.258 e. The Balaban J connectivity index is 2.30. The van der Waals surface area contributed by atoms with E-state index in [-0.39, 0.29) is 10.6 Å². The zero-order chi connectivity index (χ0) is 17.2. The van der Waals surface area contributed by atoms with E-state index in [1.54, 1.807) is 19.1 Å². The molecule has 0 bridgehead atoms. The van der Waals surface area contributed by atoms with E-state index in [9.17, 15) is 18.5 Å². The second-order valence-corrected chi connectivity index (χ2v) is 7.32. The highest BCUT2D eigenvalue weighted by atomic mass is 35.5. The molecule has 0 aliphatic carbocycles. The second kappa shape index (κ2) is 6.84. The van der Waals surface area contributed by atoms with Crippen LogP contribution >= 0.6 is 23.2 Å². The maximum atomic E-state index is 12.4. The average Bonchev–Trinajstić information content (AvgIpc) is 2.46. The van der Waals surface area contributed by atoms with Crippen LogP contribution in [-0.4, -0.2) is 13.3 Å². The Hall–Kier alpha value is -1.67. The summed E-state index contributed by atoms with van der Waals surface area (Å²) < 4.78 is 27.2. The van der Waals surface area contributed by atoms with Crippen LogP contribution in [0.2, 0.25) is 10.0 Å². The van der Waals surface area contributed by atoms with Crippen molar-refractivity contribution in [2.45, 2.75) is 17.9 Å². The molecule has 6 nitrogen and oxygen atoms in total. The molecule has 0 aliphatic rings. The van der Waals surface area contributed by atoms with E-state index >= 15 is 0 Å². The van der Waals surface area contributed by atoms with Gasteiger partial charge in [0.1, 0.15) is 0 Å². The van der Waals surface area contributed by atoms with Crippen molar-refractivity contribution in [1.82, 2.24) is 4.72 Å². The maximum absolute atomic E-state index is 12.4. The monoisotopic (exact) mass is 374 g/mol. The summed E-state index contributed by atoms with van der Waals surface area (Å²) in [7, 11) is -3.94. The van der Waals surface area contributed by atoms with E-state index in [1.807, 2.05) is 0 Å². The van der Waals surface area contributed by atoms with Crippen molar-refractivity contribution >= 4 is 38.9 Å². The highest BCUT2D eigenvalue weighted by Crippen LogP contribution is 2.27. The van der Waals surface area contributed by atoms with Crippen LogP contribution in [0.1, 0.15) is 18.5 Å². The lowest BCUT2D eigenvalue weighted by molar-refractivity contribution is -0.385. The number of benzene rings is 2. The normalized spacial score (nSPS) is 12.8. The molecular formula is C14H12Cl2N2O4S. The van der Waals surface area contributed by atoms with Gasteiger partial charge in [-0.3, -0.25) is 10.1 Å². The zero-order valence-corrected chi connectivity index (χ0v) is 14.2. The molecule has 0 aliphatic heterocycles. The van der Waals surface area contributed by atoms with Crippen molar-refractivity contribution in [1.29, 1.82) is 0 Å².